The Morgan fingerprint density at radius 3 is 2.03 bits per heavy atom. The molecule has 0 saturated carbocycles. The molecular weight excluding hydrogens is 575 g/mol. The van der Waals surface area contributed by atoms with E-state index in [2.05, 4.69) is 10.6 Å². The van der Waals surface area contributed by atoms with Crippen LogP contribution in [0, 0.1) is 0 Å². The van der Waals surface area contributed by atoms with Crippen molar-refractivity contribution >= 4 is 64.0 Å². The second-order valence-electron chi connectivity index (χ2n) is 8.15. The lowest BCUT2D eigenvalue weighted by atomic mass is 9.87. The Balaban J connectivity index is 1.53. The highest BCUT2D eigenvalue weighted by Gasteiger charge is 2.35. The molecule has 5 nitrogen and oxygen atoms in total. The van der Waals surface area contributed by atoms with Gasteiger partial charge in [0, 0.05) is 5.69 Å². The zero-order chi connectivity index (χ0) is 26.9. The molecule has 1 aliphatic rings. The third-order valence-electron chi connectivity index (χ3n) is 5.68. The van der Waals surface area contributed by atoms with Crippen molar-refractivity contribution in [3.63, 3.8) is 0 Å². The molecule has 37 heavy (non-hydrogen) atoms. The number of fused-ring (bicyclic) bond motifs is 1. The molecular formula is C25H17Cl4F3N2O3. The van der Waals surface area contributed by atoms with Crippen LogP contribution in [0.3, 0.4) is 0 Å². The fourth-order valence-corrected chi connectivity index (χ4v) is 5.21. The van der Waals surface area contributed by atoms with Gasteiger partial charge >= 0.3 is 12.2 Å². The van der Waals surface area contributed by atoms with E-state index in [0.717, 1.165) is 12.5 Å². The third-order valence-corrected chi connectivity index (χ3v) is 6.87. The van der Waals surface area contributed by atoms with Gasteiger partial charge in [0.15, 0.2) is 5.75 Å². The molecule has 4 rings (SSSR count). The molecule has 194 valence electrons. The van der Waals surface area contributed by atoms with E-state index in [4.69, 9.17) is 51.1 Å². The van der Waals surface area contributed by atoms with Gasteiger partial charge in [-0.05, 0) is 73.2 Å². The fraction of sp³-hybridized carbons (Fsp3) is 0.200. The number of hydrogen-bond donors (Lipinski definition) is 2. The van der Waals surface area contributed by atoms with Crippen molar-refractivity contribution in [2.45, 2.75) is 31.9 Å². The Bertz CT molecular complexity index is 1350. The number of ether oxygens (including phenoxy) is 1. The van der Waals surface area contributed by atoms with Crippen LogP contribution >= 0.6 is 46.4 Å². The second-order valence-corrected chi connectivity index (χ2v) is 9.78. The van der Waals surface area contributed by atoms with E-state index < -0.39 is 23.7 Å². The number of carbonyl (C=O) groups is 2. The Morgan fingerprint density at radius 2 is 1.43 bits per heavy atom. The van der Waals surface area contributed by atoms with Crippen LogP contribution in [0.25, 0.3) is 0 Å². The highest BCUT2D eigenvalue weighted by molar-refractivity contribution is 6.40. The van der Waals surface area contributed by atoms with E-state index in [-0.39, 0.29) is 48.4 Å². The zero-order valence-corrected chi connectivity index (χ0v) is 21.8. The number of alkyl halides is 3. The van der Waals surface area contributed by atoms with Gasteiger partial charge in [0.2, 0.25) is 0 Å². The van der Waals surface area contributed by atoms with Crippen LogP contribution in [0.4, 0.5) is 23.7 Å². The molecule has 12 heteroatoms. The SMILES string of the molecule is O=C(NC(=O)c1c(Cl)cccc1Cl)Nc1cc(Cl)c(Oc2ccc(C(F)(F)F)c3c2CCCC3)c(Cl)c1. The third kappa shape index (κ3) is 6.09. The molecule has 3 aromatic rings. The first-order valence-corrected chi connectivity index (χ1v) is 12.4. The Morgan fingerprint density at radius 1 is 0.838 bits per heavy atom. The van der Waals surface area contributed by atoms with Gasteiger partial charge in [0.05, 0.1) is 31.2 Å². The zero-order valence-electron chi connectivity index (χ0n) is 18.7. The minimum atomic E-state index is -4.47. The molecule has 0 aromatic heterocycles. The van der Waals surface area contributed by atoms with Crippen LogP contribution < -0.4 is 15.4 Å². The van der Waals surface area contributed by atoms with E-state index in [1.165, 1.54) is 30.3 Å². The molecule has 0 radical (unpaired) electrons. The predicted molar refractivity (Wildman–Crippen MR) is 138 cm³/mol. The van der Waals surface area contributed by atoms with Crippen LogP contribution in [-0.4, -0.2) is 11.9 Å². The molecule has 3 aromatic carbocycles. The summed E-state index contributed by atoms with van der Waals surface area (Å²) in [6.45, 7) is 0. The van der Waals surface area contributed by atoms with Crippen molar-refractivity contribution in [2.75, 3.05) is 5.32 Å². The Hall–Kier alpha value is -2.65. The lowest BCUT2D eigenvalue weighted by Gasteiger charge is -2.24. The van der Waals surface area contributed by atoms with E-state index >= 15 is 0 Å². The van der Waals surface area contributed by atoms with E-state index in [0.29, 0.717) is 24.8 Å². The van der Waals surface area contributed by atoms with E-state index in [1.807, 2.05) is 0 Å². The van der Waals surface area contributed by atoms with Crippen molar-refractivity contribution in [3.8, 4) is 11.5 Å². The first kappa shape index (κ1) is 27.4. The summed E-state index contributed by atoms with van der Waals surface area (Å²) in [6.07, 6.45) is -2.38. The van der Waals surface area contributed by atoms with Crippen molar-refractivity contribution < 1.29 is 27.5 Å². The highest BCUT2D eigenvalue weighted by atomic mass is 35.5. The molecule has 0 bridgehead atoms. The van der Waals surface area contributed by atoms with Crippen LogP contribution in [0.1, 0.15) is 39.9 Å². The smallest absolute Gasteiger partial charge is 0.416 e. The summed E-state index contributed by atoms with van der Waals surface area (Å²) in [6, 6.07) is 8.44. The molecule has 0 saturated heterocycles. The van der Waals surface area contributed by atoms with Gasteiger partial charge in [-0.15, -0.1) is 0 Å². The Kier molecular flexibility index (Phi) is 8.14. The summed E-state index contributed by atoms with van der Waals surface area (Å²) in [7, 11) is 0. The molecule has 0 atom stereocenters. The minimum absolute atomic E-state index is 0.00673. The van der Waals surface area contributed by atoms with Gasteiger partial charge in [-0.25, -0.2) is 4.79 Å². The molecule has 0 aliphatic heterocycles. The lowest BCUT2D eigenvalue weighted by Crippen LogP contribution is -2.34. The molecule has 0 heterocycles. The van der Waals surface area contributed by atoms with E-state index in [1.54, 1.807) is 6.07 Å². The van der Waals surface area contributed by atoms with Gasteiger partial charge in [0.1, 0.15) is 5.75 Å². The number of rotatable bonds is 4. The fourth-order valence-electron chi connectivity index (χ4n) is 4.08. The van der Waals surface area contributed by atoms with Gasteiger partial charge in [-0.2, -0.15) is 13.2 Å². The summed E-state index contributed by atoms with van der Waals surface area (Å²) in [4.78, 5) is 24.8. The van der Waals surface area contributed by atoms with Crippen molar-refractivity contribution in [2.24, 2.45) is 0 Å². The first-order valence-electron chi connectivity index (χ1n) is 10.9. The minimum Gasteiger partial charge on any atom is -0.454 e. The quantitative estimate of drug-likeness (QED) is 0.318. The number of carbonyl (C=O) groups excluding carboxylic acids is 2. The van der Waals surface area contributed by atoms with Crippen LogP contribution in [0.2, 0.25) is 20.1 Å². The second kappa shape index (κ2) is 11.0. The number of imide groups is 1. The number of halogens is 7. The maximum atomic E-state index is 13.5. The summed E-state index contributed by atoms with van der Waals surface area (Å²) < 4.78 is 46.3. The van der Waals surface area contributed by atoms with E-state index in [9.17, 15) is 22.8 Å². The van der Waals surface area contributed by atoms with Crippen LogP contribution in [-0.2, 0) is 19.0 Å². The topological polar surface area (TPSA) is 67.4 Å². The summed E-state index contributed by atoms with van der Waals surface area (Å²) >= 11 is 24.6. The van der Waals surface area contributed by atoms with Crippen LogP contribution in [0.15, 0.2) is 42.5 Å². The lowest BCUT2D eigenvalue weighted by molar-refractivity contribution is -0.138. The number of hydrogen-bond acceptors (Lipinski definition) is 3. The number of amides is 3. The van der Waals surface area contributed by atoms with Crippen molar-refractivity contribution in [1.29, 1.82) is 0 Å². The molecule has 2 N–H and O–H groups in total. The van der Waals surface area contributed by atoms with Gasteiger partial charge in [-0.3, -0.25) is 10.1 Å². The monoisotopic (exact) mass is 590 g/mol. The Labute approximate surface area is 229 Å². The van der Waals surface area contributed by atoms with Gasteiger partial charge in [-0.1, -0.05) is 52.5 Å². The number of anilines is 1. The number of urea groups is 1. The predicted octanol–water partition coefficient (Wildman–Crippen LogP) is 8.95. The standard InChI is InChI=1S/C25H17Cl4F3N2O3/c26-16-6-3-7-17(27)21(16)23(35)34-24(36)33-12-10-18(28)22(19(29)11-12)37-20-9-8-15(25(30,31)32)13-4-1-2-5-14(13)20/h3,6-11H,1-2,4-5H2,(H2,33,34,35,36). The molecule has 0 unspecified atom stereocenters. The first-order chi connectivity index (χ1) is 17.5. The van der Waals surface area contributed by atoms with Crippen molar-refractivity contribution in [1.82, 2.24) is 5.32 Å². The normalized spacial score (nSPS) is 13.1. The van der Waals surface area contributed by atoms with Crippen molar-refractivity contribution in [3.05, 3.63) is 84.8 Å². The molecule has 0 spiro atoms. The highest BCUT2D eigenvalue weighted by Crippen LogP contribution is 2.44. The van der Waals surface area contributed by atoms with Gasteiger partial charge < -0.3 is 10.1 Å². The average Bonchev–Trinajstić information content (AvgIpc) is 2.80. The largest absolute Gasteiger partial charge is 0.454 e. The summed E-state index contributed by atoms with van der Waals surface area (Å²) in [5, 5.41) is 4.64. The average molecular weight is 592 g/mol. The van der Waals surface area contributed by atoms with Gasteiger partial charge in [0.25, 0.3) is 5.91 Å². The number of benzene rings is 3. The van der Waals surface area contributed by atoms with Crippen LogP contribution in [0.5, 0.6) is 11.5 Å². The summed E-state index contributed by atoms with van der Waals surface area (Å²) in [5.74, 6) is -0.578. The molecule has 0 fully saturated rings. The maximum absolute atomic E-state index is 13.5. The summed E-state index contributed by atoms with van der Waals surface area (Å²) in [5.41, 5.74) is 0.0613. The molecule has 1 aliphatic carbocycles. The molecule has 3 amide bonds. The maximum Gasteiger partial charge on any atom is 0.416 e. The number of nitrogens with one attached hydrogen (secondary N) is 2.